The number of aliphatic hydroxyl groups excluding tert-OH is 1. The standard InChI is InChI=1S/C10H18N2O4/c1-3-4-5-6-12(2)10(16)11-8(7-13)9(14)15/h3,8,13H,1,4-7H2,2H3,(H,11,16)(H,14,15)/t8-/m0/s1. The number of amides is 2. The first-order chi connectivity index (χ1) is 7.52. The molecule has 3 N–H and O–H groups in total. The Balaban J connectivity index is 4.02. The van der Waals surface area contributed by atoms with Crippen LogP contribution in [0.5, 0.6) is 0 Å². The van der Waals surface area contributed by atoms with Crippen LogP contribution in [0.3, 0.4) is 0 Å². The van der Waals surface area contributed by atoms with Gasteiger partial charge >= 0.3 is 12.0 Å². The van der Waals surface area contributed by atoms with Crippen molar-refractivity contribution in [3.05, 3.63) is 12.7 Å². The van der Waals surface area contributed by atoms with Gasteiger partial charge in [0.15, 0.2) is 6.04 Å². The number of nitrogens with one attached hydrogen (secondary N) is 1. The number of carboxylic acid groups (broad SMARTS) is 1. The van der Waals surface area contributed by atoms with Crippen molar-refractivity contribution in [1.82, 2.24) is 10.2 Å². The van der Waals surface area contributed by atoms with E-state index in [1.807, 2.05) is 0 Å². The van der Waals surface area contributed by atoms with E-state index < -0.39 is 24.6 Å². The van der Waals surface area contributed by atoms with Gasteiger partial charge in [-0.15, -0.1) is 6.58 Å². The van der Waals surface area contributed by atoms with Crippen LogP contribution in [0.4, 0.5) is 4.79 Å². The van der Waals surface area contributed by atoms with E-state index in [1.54, 1.807) is 13.1 Å². The van der Waals surface area contributed by atoms with Crippen LogP contribution in [0.2, 0.25) is 0 Å². The minimum atomic E-state index is -1.26. The van der Waals surface area contributed by atoms with Crippen molar-refractivity contribution >= 4 is 12.0 Å². The molecule has 0 aliphatic carbocycles. The molecule has 0 heterocycles. The maximum Gasteiger partial charge on any atom is 0.328 e. The summed E-state index contributed by atoms with van der Waals surface area (Å²) < 4.78 is 0. The first-order valence-corrected chi connectivity index (χ1v) is 4.99. The zero-order valence-corrected chi connectivity index (χ0v) is 9.35. The van der Waals surface area contributed by atoms with Gasteiger partial charge in [-0.3, -0.25) is 0 Å². The molecule has 2 amide bonds. The summed E-state index contributed by atoms with van der Waals surface area (Å²) in [5.74, 6) is -1.25. The molecule has 0 aromatic carbocycles. The first-order valence-electron chi connectivity index (χ1n) is 4.99. The number of unbranched alkanes of at least 4 members (excludes halogenated alkanes) is 1. The van der Waals surface area contributed by atoms with Gasteiger partial charge in [0, 0.05) is 13.6 Å². The second-order valence-electron chi connectivity index (χ2n) is 3.38. The summed E-state index contributed by atoms with van der Waals surface area (Å²) in [6, 6.07) is -1.76. The Bertz CT molecular complexity index is 255. The van der Waals surface area contributed by atoms with Gasteiger partial charge in [0.1, 0.15) is 0 Å². The summed E-state index contributed by atoms with van der Waals surface area (Å²) >= 11 is 0. The molecule has 6 nitrogen and oxygen atoms in total. The molecule has 92 valence electrons. The average molecular weight is 230 g/mol. The topological polar surface area (TPSA) is 89.9 Å². The number of allylic oxidation sites excluding steroid dienone is 1. The number of carbonyl (C=O) groups excluding carboxylic acids is 1. The molecule has 0 saturated carbocycles. The fourth-order valence-electron chi connectivity index (χ4n) is 1.02. The number of aliphatic carboxylic acids is 1. The van der Waals surface area contributed by atoms with Crippen LogP contribution in [-0.2, 0) is 4.79 Å². The Kier molecular flexibility index (Phi) is 6.95. The molecule has 0 aromatic heterocycles. The van der Waals surface area contributed by atoms with Crippen LogP contribution in [0.1, 0.15) is 12.8 Å². The molecule has 0 aliphatic rings. The highest BCUT2D eigenvalue weighted by atomic mass is 16.4. The lowest BCUT2D eigenvalue weighted by molar-refractivity contribution is -0.140. The summed E-state index contributed by atoms with van der Waals surface area (Å²) in [7, 11) is 1.56. The van der Waals surface area contributed by atoms with E-state index in [2.05, 4.69) is 11.9 Å². The molecule has 0 fully saturated rings. The monoisotopic (exact) mass is 230 g/mol. The number of urea groups is 1. The van der Waals surface area contributed by atoms with Gasteiger partial charge in [0.05, 0.1) is 6.61 Å². The predicted molar refractivity (Wildman–Crippen MR) is 59.1 cm³/mol. The fourth-order valence-corrected chi connectivity index (χ4v) is 1.02. The molecule has 0 aromatic rings. The molecule has 16 heavy (non-hydrogen) atoms. The molecular formula is C10H18N2O4. The smallest absolute Gasteiger partial charge is 0.328 e. The zero-order chi connectivity index (χ0) is 12.6. The van der Waals surface area contributed by atoms with Gasteiger partial charge in [-0.1, -0.05) is 6.08 Å². The normalized spacial score (nSPS) is 11.6. The maximum absolute atomic E-state index is 11.4. The Labute approximate surface area is 94.6 Å². The largest absolute Gasteiger partial charge is 0.480 e. The summed E-state index contributed by atoms with van der Waals surface area (Å²) in [5.41, 5.74) is 0. The summed E-state index contributed by atoms with van der Waals surface area (Å²) in [4.78, 5) is 23.3. The van der Waals surface area contributed by atoms with Crippen molar-refractivity contribution in [2.24, 2.45) is 0 Å². The second-order valence-corrected chi connectivity index (χ2v) is 3.38. The van der Waals surface area contributed by atoms with Gasteiger partial charge in [-0.05, 0) is 12.8 Å². The highest BCUT2D eigenvalue weighted by Gasteiger charge is 2.20. The number of carboxylic acids is 1. The van der Waals surface area contributed by atoms with E-state index in [9.17, 15) is 9.59 Å². The van der Waals surface area contributed by atoms with Crippen LogP contribution in [0.25, 0.3) is 0 Å². The lowest BCUT2D eigenvalue weighted by Crippen LogP contribution is -2.48. The molecular weight excluding hydrogens is 212 g/mol. The third kappa shape index (κ3) is 5.35. The van der Waals surface area contributed by atoms with Gasteiger partial charge in [-0.2, -0.15) is 0 Å². The summed E-state index contributed by atoms with van der Waals surface area (Å²) in [5, 5.41) is 19.5. The third-order valence-electron chi connectivity index (χ3n) is 2.03. The van der Waals surface area contributed by atoms with Gasteiger partial charge in [0.25, 0.3) is 0 Å². The van der Waals surface area contributed by atoms with Crippen LogP contribution in [0, 0.1) is 0 Å². The van der Waals surface area contributed by atoms with Crippen LogP contribution in [0.15, 0.2) is 12.7 Å². The van der Waals surface area contributed by atoms with Crippen molar-refractivity contribution in [3.8, 4) is 0 Å². The van der Waals surface area contributed by atoms with Gasteiger partial charge < -0.3 is 20.4 Å². The quantitative estimate of drug-likeness (QED) is 0.425. The predicted octanol–water partition coefficient (Wildman–Crippen LogP) is 0.0395. The minimum absolute atomic E-state index is 0.509. The minimum Gasteiger partial charge on any atom is -0.480 e. The number of rotatable bonds is 7. The SMILES string of the molecule is C=CCCCN(C)C(=O)N[C@@H](CO)C(=O)O. The van der Waals surface area contributed by atoms with Crippen molar-refractivity contribution < 1.29 is 19.8 Å². The number of aliphatic hydroxyl groups is 1. The Morgan fingerprint density at radius 2 is 2.19 bits per heavy atom. The lowest BCUT2D eigenvalue weighted by atomic mass is 10.3. The van der Waals surface area contributed by atoms with Crippen LogP contribution >= 0.6 is 0 Å². The van der Waals surface area contributed by atoms with Crippen LogP contribution < -0.4 is 5.32 Å². The van der Waals surface area contributed by atoms with Gasteiger partial charge in [-0.25, -0.2) is 9.59 Å². The van der Waals surface area contributed by atoms with E-state index in [-0.39, 0.29) is 0 Å². The Morgan fingerprint density at radius 1 is 1.56 bits per heavy atom. The first kappa shape index (κ1) is 14.4. The molecule has 0 bridgehead atoms. The Hall–Kier alpha value is -1.56. The number of hydrogen-bond donors (Lipinski definition) is 3. The van der Waals surface area contributed by atoms with Crippen molar-refractivity contribution in [2.45, 2.75) is 18.9 Å². The molecule has 0 aliphatic heterocycles. The van der Waals surface area contributed by atoms with E-state index in [4.69, 9.17) is 10.2 Å². The number of nitrogens with zero attached hydrogens (tertiary/aromatic N) is 1. The van der Waals surface area contributed by atoms with Crippen LogP contribution in [-0.4, -0.2) is 53.4 Å². The molecule has 6 heteroatoms. The molecule has 0 unspecified atom stereocenters. The summed E-state index contributed by atoms with van der Waals surface area (Å²) in [6.07, 6.45) is 3.31. The van der Waals surface area contributed by atoms with E-state index in [0.717, 1.165) is 12.8 Å². The molecule has 1 atom stereocenters. The van der Waals surface area contributed by atoms with Crippen molar-refractivity contribution in [1.29, 1.82) is 0 Å². The summed E-state index contributed by atoms with van der Waals surface area (Å²) in [6.45, 7) is 3.44. The molecule has 0 saturated heterocycles. The molecule has 0 rings (SSSR count). The number of hydrogen-bond acceptors (Lipinski definition) is 3. The average Bonchev–Trinajstić information content (AvgIpc) is 2.25. The number of carbonyl (C=O) groups is 2. The highest BCUT2D eigenvalue weighted by Crippen LogP contribution is 1.95. The maximum atomic E-state index is 11.4. The highest BCUT2D eigenvalue weighted by molar-refractivity contribution is 5.82. The lowest BCUT2D eigenvalue weighted by Gasteiger charge is -2.20. The van der Waals surface area contributed by atoms with Crippen molar-refractivity contribution in [2.75, 3.05) is 20.2 Å². The third-order valence-corrected chi connectivity index (χ3v) is 2.03. The van der Waals surface area contributed by atoms with E-state index in [0.29, 0.717) is 6.54 Å². The van der Waals surface area contributed by atoms with E-state index >= 15 is 0 Å². The van der Waals surface area contributed by atoms with Crippen molar-refractivity contribution in [3.63, 3.8) is 0 Å². The fraction of sp³-hybridized carbons (Fsp3) is 0.600. The zero-order valence-electron chi connectivity index (χ0n) is 9.35. The second kappa shape index (κ2) is 7.70. The van der Waals surface area contributed by atoms with E-state index in [1.165, 1.54) is 4.90 Å². The Morgan fingerprint density at radius 3 is 2.62 bits per heavy atom. The molecule has 0 radical (unpaired) electrons. The molecule has 0 spiro atoms. The van der Waals surface area contributed by atoms with Gasteiger partial charge in [0.2, 0.25) is 0 Å².